The molecule has 0 radical (unpaired) electrons. The summed E-state index contributed by atoms with van der Waals surface area (Å²) in [4.78, 5) is 24.1. The second kappa shape index (κ2) is 32.2. The number of carbonyl (C=O) groups is 2. The Hall–Kier alpha value is -2.18. The van der Waals surface area contributed by atoms with Crippen LogP contribution >= 0.6 is 0 Å². The lowest BCUT2D eigenvalue weighted by Crippen LogP contribution is -2.28. The second-order valence-corrected chi connectivity index (χ2v) is 12.0. The average Bonchev–Trinajstić information content (AvgIpc) is 3.02. The van der Waals surface area contributed by atoms with E-state index >= 15 is 0 Å². The van der Waals surface area contributed by atoms with Crippen molar-refractivity contribution in [1.82, 2.24) is 0 Å². The molecular formula is C38H66O6. The van der Waals surface area contributed by atoms with E-state index in [4.69, 9.17) is 9.47 Å². The molecule has 0 spiro atoms. The molecular weight excluding hydrogens is 552 g/mol. The maximum absolute atomic E-state index is 12.1. The largest absolute Gasteiger partial charge is 0.462 e. The van der Waals surface area contributed by atoms with E-state index in [2.05, 4.69) is 39.0 Å². The minimum atomic E-state index is -0.831. The van der Waals surface area contributed by atoms with Crippen LogP contribution in [0.15, 0.2) is 48.6 Å². The van der Waals surface area contributed by atoms with Crippen molar-refractivity contribution in [3.8, 4) is 0 Å². The zero-order valence-corrected chi connectivity index (χ0v) is 28.4. The lowest BCUT2D eigenvalue weighted by atomic mass is 9.99. The monoisotopic (exact) mass is 618 g/mol. The smallest absolute Gasteiger partial charge is 0.306 e. The van der Waals surface area contributed by atoms with Crippen LogP contribution in [0.4, 0.5) is 0 Å². The van der Waals surface area contributed by atoms with Crippen molar-refractivity contribution in [2.24, 2.45) is 5.92 Å². The standard InChI is InChI=1S/C38H66O6/c1-4-6-7-8-9-10-14-18-23-28-35(40)29-24-19-16-21-26-31-38(42)44-36(32-39)33-43-37(41)30-25-20-15-12-11-13-17-22-27-34(3)5-2/h9-10,16,18-19,23-24,29,34-36,39-40H,4-8,11-15,17,20-22,25-28,30-33H2,1-3H3/b10-9-,19-16+,23-18-,29-24-/t34?,35?,36-/m0/s1. The molecule has 0 aromatic rings. The molecule has 0 heterocycles. The molecule has 2 unspecified atom stereocenters. The molecule has 254 valence electrons. The minimum Gasteiger partial charge on any atom is -0.462 e. The van der Waals surface area contributed by atoms with E-state index in [9.17, 15) is 19.8 Å². The summed E-state index contributed by atoms with van der Waals surface area (Å²) in [6.45, 7) is 6.30. The molecule has 0 aliphatic heterocycles. The first-order chi connectivity index (χ1) is 21.4. The highest BCUT2D eigenvalue weighted by molar-refractivity contribution is 5.70. The van der Waals surface area contributed by atoms with E-state index in [0.29, 0.717) is 25.7 Å². The molecule has 3 atom stereocenters. The SMILES string of the molecule is CCCCC/C=C\C/C=C\CC(O)/C=C\C=C\CCCC(=O)O[C@@H](CO)COC(=O)CCCCCCCCCCC(C)CC. The lowest BCUT2D eigenvalue weighted by molar-refractivity contribution is -0.161. The number of rotatable bonds is 30. The van der Waals surface area contributed by atoms with Crippen LogP contribution in [0.3, 0.4) is 0 Å². The van der Waals surface area contributed by atoms with Gasteiger partial charge in [0.05, 0.1) is 12.7 Å². The maximum atomic E-state index is 12.1. The van der Waals surface area contributed by atoms with Crippen molar-refractivity contribution in [3.05, 3.63) is 48.6 Å². The summed E-state index contributed by atoms with van der Waals surface area (Å²) in [7, 11) is 0. The van der Waals surface area contributed by atoms with E-state index in [1.54, 1.807) is 6.08 Å². The quantitative estimate of drug-likeness (QED) is 0.0360. The summed E-state index contributed by atoms with van der Waals surface area (Å²) in [5, 5.41) is 19.5. The number of hydrogen-bond acceptors (Lipinski definition) is 6. The van der Waals surface area contributed by atoms with Gasteiger partial charge in [-0.05, 0) is 50.9 Å². The third-order valence-electron chi connectivity index (χ3n) is 7.75. The first-order valence-electron chi connectivity index (χ1n) is 17.7. The van der Waals surface area contributed by atoms with E-state index in [-0.39, 0.29) is 25.6 Å². The number of aliphatic hydroxyl groups excluding tert-OH is 2. The van der Waals surface area contributed by atoms with Crippen LogP contribution in [0.25, 0.3) is 0 Å². The van der Waals surface area contributed by atoms with E-state index in [1.165, 1.54) is 64.2 Å². The highest BCUT2D eigenvalue weighted by Crippen LogP contribution is 2.15. The minimum absolute atomic E-state index is 0.115. The van der Waals surface area contributed by atoms with Gasteiger partial charge in [-0.2, -0.15) is 0 Å². The predicted molar refractivity (Wildman–Crippen MR) is 183 cm³/mol. The fourth-order valence-electron chi connectivity index (χ4n) is 4.60. The number of ether oxygens (including phenoxy) is 2. The summed E-state index contributed by atoms with van der Waals surface area (Å²) < 4.78 is 10.5. The van der Waals surface area contributed by atoms with Crippen molar-refractivity contribution in [1.29, 1.82) is 0 Å². The Balaban J connectivity index is 3.82. The van der Waals surface area contributed by atoms with Crippen molar-refractivity contribution in [2.45, 2.75) is 161 Å². The molecule has 2 N–H and O–H groups in total. The van der Waals surface area contributed by atoms with Gasteiger partial charge in [0.2, 0.25) is 0 Å². The Morgan fingerprint density at radius 2 is 1.39 bits per heavy atom. The van der Waals surface area contributed by atoms with Crippen LogP contribution in [0, 0.1) is 5.92 Å². The van der Waals surface area contributed by atoms with Gasteiger partial charge in [0.25, 0.3) is 0 Å². The number of aliphatic hydroxyl groups is 2. The fourth-order valence-corrected chi connectivity index (χ4v) is 4.60. The molecule has 6 nitrogen and oxygen atoms in total. The zero-order chi connectivity index (χ0) is 32.5. The third kappa shape index (κ3) is 29.9. The summed E-state index contributed by atoms with van der Waals surface area (Å²) in [6.07, 6.45) is 34.8. The normalized spacial score (nSPS) is 14.2. The van der Waals surface area contributed by atoms with Gasteiger partial charge in [-0.15, -0.1) is 0 Å². The van der Waals surface area contributed by atoms with Crippen molar-refractivity contribution in [3.63, 3.8) is 0 Å². The summed E-state index contributed by atoms with van der Waals surface area (Å²) in [6, 6.07) is 0. The number of carbonyl (C=O) groups excluding carboxylic acids is 2. The Kier molecular flexibility index (Phi) is 30.6. The molecule has 0 saturated heterocycles. The molecule has 0 aliphatic rings. The average molecular weight is 619 g/mol. The highest BCUT2D eigenvalue weighted by atomic mass is 16.6. The Labute approximate surface area is 270 Å². The Morgan fingerprint density at radius 1 is 0.727 bits per heavy atom. The van der Waals surface area contributed by atoms with Crippen molar-refractivity contribution < 1.29 is 29.3 Å². The van der Waals surface area contributed by atoms with Gasteiger partial charge in [0.15, 0.2) is 6.10 Å². The highest BCUT2D eigenvalue weighted by Gasteiger charge is 2.16. The van der Waals surface area contributed by atoms with Crippen LogP contribution in [0.2, 0.25) is 0 Å². The van der Waals surface area contributed by atoms with E-state index in [1.807, 2.05) is 24.3 Å². The summed E-state index contributed by atoms with van der Waals surface area (Å²) >= 11 is 0. The van der Waals surface area contributed by atoms with Gasteiger partial charge in [-0.25, -0.2) is 0 Å². The first-order valence-corrected chi connectivity index (χ1v) is 17.7. The molecule has 0 amide bonds. The molecule has 0 aromatic heterocycles. The van der Waals surface area contributed by atoms with Gasteiger partial charge in [0.1, 0.15) is 6.61 Å². The van der Waals surface area contributed by atoms with Crippen LogP contribution in [0.1, 0.15) is 149 Å². The number of unbranched alkanes of at least 4 members (excludes halogenated alkanes) is 11. The lowest BCUT2D eigenvalue weighted by Gasteiger charge is -2.15. The topological polar surface area (TPSA) is 93.1 Å². The van der Waals surface area contributed by atoms with Gasteiger partial charge in [-0.3, -0.25) is 9.59 Å². The van der Waals surface area contributed by atoms with Gasteiger partial charge >= 0.3 is 11.9 Å². The van der Waals surface area contributed by atoms with Crippen LogP contribution in [-0.4, -0.2) is 47.6 Å². The van der Waals surface area contributed by atoms with Crippen LogP contribution < -0.4 is 0 Å². The number of allylic oxidation sites excluding steroid dienone is 6. The number of hydrogen-bond donors (Lipinski definition) is 2. The summed E-state index contributed by atoms with van der Waals surface area (Å²) in [5.74, 6) is 0.120. The Morgan fingerprint density at radius 3 is 2.09 bits per heavy atom. The Bertz CT molecular complexity index is 784. The van der Waals surface area contributed by atoms with Crippen LogP contribution in [0.5, 0.6) is 0 Å². The van der Waals surface area contributed by atoms with Gasteiger partial charge in [0, 0.05) is 12.8 Å². The second-order valence-electron chi connectivity index (χ2n) is 12.0. The predicted octanol–water partition coefficient (Wildman–Crippen LogP) is 9.50. The summed E-state index contributed by atoms with van der Waals surface area (Å²) in [5.41, 5.74) is 0. The molecule has 6 heteroatoms. The van der Waals surface area contributed by atoms with Gasteiger partial charge < -0.3 is 19.7 Å². The van der Waals surface area contributed by atoms with Gasteiger partial charge in [-0.1, -0.05) is 140 Å². The number of esters is 2. The molecule has 44 heavy (non-hydrogen) atoms. The fraction of sp³-hybridized carbons (Fsp3) is 0.737. The van der Waals surface area contributed by atoms with E-state index in [0.717, 1.165) is 38.0 Å². The molecule has 0 rings (SSSR count). The van der Waals surface area contributed by atoms with Crippen LogP contribution in [-0.2, 0) is 19.1 Å². The zero-order valence-electron chi connectivity index (χ0n) is 28.4. The molecule has 0 aromatic carbocycles. The van der Waals surface area contributed by atoms with Crippen molar-refractivity contribution in [2.75, 3.05) is 13.2 Å². The third-order valence-corrected chi connectivity index (χ3v) is 7.75. The molecule has 0 bridgehead atoms. The molecule has 0 saturated carbocycles. The maximum Gasteiger partial charge on any atom is 0.306 e. The van der Waals surface area contributed by atoms with E-state index < -0.39 is 18.2 Å². The molecule has 0 aliphatic carbocycles. The van der Waals surface area contributed by atoms with Crippen molar-refractivity contribution >= 4 is 11.9 Å². The first kappa shape index (κ1) is 41.8. The molecule has 0 fully saturated rings.